The molecule has 2 heterocycles. The van der Waals surface area contributed by atoms with Gasteiger partial charge in [-0.1, -0.05) is 13.8 Å². The number of fused-ring (bicyclic) bond motifs is 1. The van der Waals surface area contributed by atoms with Gasteiger partial charge >= 0.3 is 0 Å². The number of nitrogens with one attached hydrogen (secondary N) is 1. The van der Waals surface area contributed by atoms with Crippen LogP contribution in [-0.4, -0.2) is 34.5 Å². The molecular weight excluding hydrogens is 368 g/mol. The summed E-state index contributed by atoms with van der Waals surface area (Å²) in [7, 11) is 0. The molecule has 0 aliphatic rings. The molecular formula is C22H28N4O3. The van der Waals surface area contributed by atoms with Crippen LogP contribution in [0.1, 0.15) is 33.6 Å². The van der Waals surface area contributed by atoms with Gasteiger partial charge in [0.25, 0.3) is 5.91 Å². The molecule has 0 bridgehead atoms. The molecule has 0 spiro atoms. The number of nitrogens with zero attached hydrogens (tertiary/aromatic N) is 2. The molecule has 29 heavy (non-hydrogen) atoms. The van der Waals surface area contributed by atoms with E-state index < -0.39 is 0 Å². The van der Waals surface area contributed by atoms with E-state index in [1.165, 1.54) is 0 Å². The first-order valence-electron chi connectivity index (χ1n) is 9.94. The van der Waals surface area contributed by atoms with Crippen LogP contribution < -0.4 is 20.5 Å². The fraction of sp³-hybridized carbons (Fsp3) is 0.364. The van der Waals surface area contributed by atoms with Gasteiger partial charge in [-0.2, -0.15) is 0 Å². The highest BCUT2D eigenvalue weighted by molar-refractivity contribution is 5.78. The molecule has 0 saturated heterocycles. The molecule has 0 aliphatic heterocycles. The Morgan fingerprint density at radius 1 is 1.24 bits per heavy atom. The Bertz CT molecular complexity index is 983. The van der Waals surface area contributed by atoms with Gasteiger partial charge in [0.15, 0.2) is 18.0 Å². The van der Waals surface area contributed by atoms with Crippen LogP contribution in [0.2, 0.25) is 0 Å². The first-order chi connectivity index (χ1) is 14.0. The Balaban J connectivity index is 1.79. The van der Waals surface area contributed by atoms with E-state index in [4.69, 9.17) is 15.2 Å². The molecule has 1 aromatic carbocycles. The Morgan fingerprint density at radius 2 is 2.07 bits per heavy atom. The summed E-state index contributed by atoms with van der Waals surface area (Å²) in [5, 5.41) is 2.89. The largest absolute Gasteiger partial charge is 0.491 e. The summed E-state index contributed by atoms with van der Waals surface area (Å²) in [6, 6.07) is 9.43. The van der Waals surface area contributed by atoms with E-state index >= 15 is 0 Å². The zero-order valence-electron chi connectivity index (χ0n) is 17.1. The number of amides is 1. The van der Waals surface area contributed by atoms with Crippen LogP contribution in [0.5, 0.6) is 11.5 Å². The third kappa shape index (κ3) is 4.99. The third-order valence-corrected chi connectivity index (χ3v) is 4.59. The second kappa shape index (κ2) is 9.32. The second-order valence-electron chi connectivity index (χ2n) is 7.00. The Hall–Kier alpha value is -3.22. The van der Waals surface area contributed by atoms with Crippen LogP contribution in [0.25, 0.3) is 16.9 Å². The van der Waals surface area contributed by atoms with Gasteiger partial charge in [0, 0.05) is 24.0 Å². The summed E-state index contributed by atoms with van der Waals surface area (Å²) in [6.07, 6.45) is 5.59. The summed E-state index contributed by atoms with van der Waals surface area (Å²) >= 11 is 0. The molecule has 0 aliphatic carbocycles. The third-order valence-electron chi connectivity index (χ3n) is 4.59. The summed E-state index contributed by atoms with van der Waals surface area (Å²) < 4.78 is 13.2. The predicted molar refractivity (Wildman–Crippen MR) is 114 cm³/mol. The number of ether oxygens (including phenoxy) is 2. The predicted octanol–water partition coefficient (Wildman–Crippen LogP) is 3.67. The van der Waals surface area contributed by atoms with E-state index in [-0.39, 0.29) is 18.6 Å². The number of hydrogen-bond acceptors (Lipinski definition) is 5. The highest BCUT2D eigenvalue weighted by Crippen LogP contribution is 2.30. The first kappa shape index (κ1) is 20.5. The zero-order valence-corrected chi connectivity index (χ0v) is 17.1. The van der Waals surface area contributed by atoms with Crippen LogP contribution in [-0.2, 0) is 4.79 Å². The Morgan fingerprint density at radius 3 is 2.79 bits per heavy atom. The molecule has 154 valence electrons. The second-order valence-corrected chi connectivity index (χ2v) is 7.00. The van der Waals surface area contributed by atoms with Crippen molar-refractivity contribution in [3.8, 4) is 22.8 Å². The van der Waals surface area contributed by atoms with Crippen LogP contribution in [0.4, 0.5) is 5.69 Å². The average Bonchev–Trinajstić information content (AvgIpc) is 3.16. The summed E-state index contributed by atoms with van der Waals surface area (Å²) in [4.78, 5) is 16.7. The molecule has 0 fully saturated rings. The number of hydrogen-bond donors (Lipinski definition) is 2. The molecule has 2 aromatic heterocycles. The first-order valence-corrected chi connectivity index (χ1v) is 9.94. The number of benzene rings is 1. The lowest BCUT2D eigenvalue weighted by Crippen LogP contribution is -2.35. The van der Waals surface area contributed by atoms with E-state index in [1.807, 2.05) is 54.9 Å². The number of nitrogens with two attached hydrogens (primary N) is 1. The summed E-state index contributed by atoms with van der Waals surface area (Å²) in [6.45, 7) is 6.61. The van der Waals surface area contributed by atoms with Crippen LogP contribution >= 0.6 is 0 Å². The van der Waals surface area contributed by atoms with Crippen molar-refractivity contribution in [3.05, 3.63) is 42.7 Å². The number of anilines is 1. The lowest BCUT2D eigenvalue weighted by Gasteiger charge is -2.12. The summed E-state index contributed by atoms with van der Waals surface area (Å²) in [5.41, 5.74) is 8.99. The minimum absolute atomic E-state index is 0.0530. The van der Waals surface area contributed by atoms with Crippen LogP contribution in [0.15, 0.2) is 42.7 Å². The maximum atomic E-state index is 12.0. The van der Waals surface area contributed by atoms with Crippen LogP contribution in [0.3, 0.4) is 0 Å². The molecule has 3 rings (SSSR count). The quantitative estimate of drug-likeness (QED) is 0.539. The number of carbonyl (C=O) groups excluding carboxylic acids is 1. The molecule has 1 atom stereocenters. The van der Waals surface area contributed by atoms with Gasteiger partial charge in [-0.3, -0.25) is 4.79 Å². The van der Waals surface area contributed by atoms with E-state index in [2.05, 4.69) is 17.2 Å². The van der Waals surface area contributed by atoms with Gasteiger partial charge < -0.3 is 24.9 Å². The van der Waals surface area contributed by atoms with Gasteiger partial charge in [-0.25, -0.2) is 4.98 Å². The topological polar surface area (TPSA) is 90.9 Å². The van der Waals surface area contributed by atoms with Crippen molar-refractivity contribution in [2.45, 2.75) is 39.7 Å². The van der Waals surface area contributed by atoms with Crippen LogP contribution in [0, 0.1) is 0 Å². The average molecular weight is 396 g/mol. The number of nitrogen functional groups attached to an aromatic ring is 1. The number of aromatic nitrogens is 2. The van der Waals surface area contributed by atoms with E-state index in [9.17, 15) is 4.79 Å². The van der Waals surface area contributed by atoms with Crippen molar-refractivity contribution in [2.75, 3.05) is 18.9 Å². The highest BCUT2D eigenvalue weighted by Gasteiger charge is 2.12. The van der Waals surface area contributed by atoms with Gasteiger partial charge in [0.1, 0.15) is 5.75 Å². The van der Waals surface area contributed by atoms with Crippen molar-refractivity contribution in [1.29, 1.82) is 0 Å². The maximum absolute atomic E-state index is 12.0. The maximum Gasteiger partial charge on any atom is 0.258 e. The fourth-order valence-electron chi connectivity index (χ4n) is 2.85. The Labute approximate surface area is 170 Å². The van der Waals surface area contributed by atoms with Crippen molar-refractivity contribution in [3.63, 3.8) is 0 Å². The zero-order chi connectivity index (χ0) is 20.8. The summed E-state index contributed by atoms with van der Waals surface area (Å²) in [5.74, 6) is 1.08. The normalized spacial score (nSPS) is 12.0. The lowest BCUT2D eigenvalue weighted by atomic mass is 10.1. The molecule has 0 radical (unpaired) electrons. The van der Waals surface area contributed by atoms with Gasteiger partial charge in [-0.15, -0.1) is 0 Å². The SMILES string of the molecule is CCCOc1ccc(-c2cn3cccc(OCC(=O)NC(C)CC)c3n2)cc1N. The minimum Gasteiger partial charge on any atom is -0.491 e. The standard InChI is InChI=1S/C22H28N4O3/c1-4-11-28-19-9-8-16(12-17(19)23)18-13-26-10-6-7-20(22(26)25-18)29-14-21(27)24-15(3)5-2/h6-10,12-13,15H,4-5,11,14,23H2,1-3H3,(H,24,27). The van der Waals surface area contributed by atoms with E-state index in [1.54, 1.807) is 6.07 Å². The molecule has 7 nitrogen and oxygen atoms in total. The molecule has 1 amide bonds. The van der Waals surface area contributed by atoms with E-state index in [0.717, 1.165) is 24.1 Å². The number of imidazole rings is 1. The minimum atomic E-state index is -0.149. The molecule has 1 unspecified atom stereocenters. The Kier molecular flexibility index (Phi) is 6.59. The van der Waals surface area contributed by atoms with Crippen molar-refractivity contribution >= 4 is 17.2 Å². The number of rotatable bonds is 9. The highest BCUT2D eigenvalue weighted by atomic mass is 16.5. The fourth-order valence-corrected chi connectivity index (χ4v) is 2.85. The van der Waals surface area contributed by atoms with E-state index in [0.29, 0.717) is 29.4 Å². The molecule has 7 heteroatoms. The number of carbonyl (C=O) groups is 1. The van der Waals surface area contributed by atoms with Gasteiger partial charge in [-0.05, 0) is 50.1 Å². The van der Waals surface area contributed by atoms with Gasteiger partial charge in [0.05, 0.1) is 18.0 Å². The lowest BCUT2D eigenvalue weighted by molar-refractivity contribution is -0.123. The van der Waals surface area contributed by atoms with Crippen molar-refractivity contribution in [2.24, 2.45) is 0 Å². The van der Waals surface area contributed by atoms with Crippen molar-refractivity contribution in [1.82, 2.24) is 14.7 Å². The molecule has 0 saturated carbocycles. The van der Waals surface area contributed by atoms with Gasteiger partial charge in [0.2, 0.25) is 0 Å². The molecule has 3 N–H and O–H groups in total. The van der Waals surface area contributed by atoms with Crippen molar-refractivity contribution < 1.29 is 14.3 Å². The smallest absolute Gasteiger partial charge is 0.258 e. The monoisotopic (exact) mass is 396 g/mol. The number of pyridine rings is 1. The molecule has 3 aromatic rings.